The molecule has 140 valence electrons. The molecular formula is C26H25NO. The van der Waals surface area contributed by atoms with Gasteiger partial charge < -0.3 is 4.90 Å². The van der Waals surface area contributed by atoms with Gasteiger partial charge in [-0.1, -0.05) is 84.9 Å². The van der Waals surface area contributed by atoms with Crippen molar-refractivity contribution in [2.24, 2.45) is 5.92 Å². The van der Waals surface area contributed by atoms with E-state index in [1.54, 1.807) is 0 Å². The smallest absolute Gasteiger partial charge is 0.174 e. The summed E-state index contributed by atoms with van der Waals surface area (Å²) >= 11 is 0. The third-order valence-corrected chi connectivity index (χ3v) is 6.64. The minimum absolute atomic E-state index is 0.321. The van der Waals surface area contributed by atoms with Gasteiger partial charge in [0, 0.05) is 31.1 Å². The number of ketones is 1. The first-order chi connectivity index (χ1) is 13.8. The summed E-state index contributed by atoms with van der Waals surface area (Å²) in [5.41, 5.74) is 4.30. The molecule has 1 unspecified atom stereocenters. The lowest BCUT2D eigenvalue weighted by Crippen LogP contribution is -2.59. The second kappa shape index (κ2) is 7.03. The number of carbonyl (C=O) groups excluding carboxylic acids is 1. The number of likely N-dealkylation sites (tertiary alicyclic amines) is 1. The van der Waals surface area contributed by atoms with Crippen molar-refractivity contribution >= 4 is 5.78 Å². The fraction of sp³-hybridized carbons (Fsp3) is 0.269. The number of Topliss-reactive ketones (excluding diaryl/α,β-unsaturated/α-hetero) is 1. The zero-order valence-electron chi connectivity index (χ0n) is 16.1. The van der Waals surface area contributed by atoms with Crippen LogP contribution in [0, 0.1) is 5.92 Å². The van der Waals surface area contributed by atoms with Crippen LogP contribution in [0.25, 0.3) is 0 Å². The monoisotopic (exact) mass is 367 g/mol. The van der Waals surface area contributed by atoms with Gasteiger partial charge in [0.2, 0.25) is 0 Å². The SMILES string of the molecule is O=C1c2ccccc2CC1(c1ccccc1)C1CN(CCc2ccccc2)C1. The van der Waals surface area contributed by atoms with Crippen molar-refractivity contribution in [2.45, 2.75) is 18.3 Å². The molecule has 0 saturated carbocycles. The van der Waals surface area contributed by atoms with Crippen LogP contribution in [0.4, 0.5) is 0 Å². The number of hydrogen-bond donors (Lipinski definition) is 0. The van der Waals surface area contributed by atoms with Gasteiger partial charge in [-0.2, -0.15) is 0 Å². The normalized spacial score (nSPS) is 22.1. The van der Waals surface area contributed by atoms with Gasteiger partial charge >= 0.3 is 0 Å². The molecule has 5 rings (SSSR count). The molecule has 1 atom stereocenters. The molecule has 2 heteroatoms. The number of fused-ring (bicyclic) bond motifs is 1. The molecule has 1 fully saturated rings. The molecule has 1 heterocycles. The molecule has 28 heavy (non-hydrogen) atoms. The summed E-state index contributed by atoms with van der Waals surface area (Å²) < 4.78 is 0. The molecule has 0 bridgehead atoms. The summed E-state index contributed by atoms with van der Waals surface area (Å²) in [6.07, 6.45) is 1.91. The van der Waals surface area contributed by atoms with E-state index in [4.69, 9.17) is 0 Å². The highest BCUT2D eigenvalue weighted by Gasteiger charge is 2.54. The summed E-state index contributed by atoms with van der Waals surface area (Å²) in [6.45, 7) is 3.06. The predicted molar refractivity (Wildman–Crippen MR) is 113 cm³/mol. The zero-order valence-corrected chi connectivity index (χ0v) is 16.1. The van der Waals surface area contributed by atoms with Gasteiger partial charge in [0.1, 0.15) is 0 Å². The van der Waals surface area contributed by atoms with E-state index in [0.29, 0.717) is 11.7 Å². The van der Waals surface area contributed by atoms with Crippen LogP contribution in [0.1, 0.15) is 27.0 Å². The van der Waals surface area contributed by atoms with E-state index in [0.717, 1.165) is 38.0 Å². The van der Waals surface area contributed by atoms with E-state index >= 15 is 0 Å². The maximum absolute atomic E-state index is 13.6. The van der Waals surface area contributed by atoms with E-state index in [9.17, 15) is 4.79 Å². The van der Waals surface area contributed by atoms with Gasteiger partial charge in [0.25, 0.3) is 0 Å². The standard InChI is InChI=1S/C26H25NO/c28-25-24-14-8-7-11-21(24)17-26(25,22-12-5-2-6-13-22)23-18-27(19-23)16-15-20-9-3-1-4-10-20/h1-14,23H,15-19H2. The summed E-state index contributed by atoms with van der Waals surface area (Å²) in [7, 11) is 0. The largest absolute Gasteiger partial charge is 0.302 e. The molecular weight excluding hydrogens is 342 g/mol. The van der Waals surface area contributed by atoms with E-state index in [-0.39, 0.29) is 0 Å². The molecule has 0 N–H and O–H groups in total. The molecule has 1 aliphatic heterocycles. The number of nitrogens with zero attached hydrogens (tertiary/aromatic N) is 1. The first-order valence-corrected chi connectivity index (χ1v) is 10.2. The van der Waals surface area contributed by atoms with Gasteiger partial charge in [0.05, 0.1) is 5.41 Å². The Balaban J connectivity index is 1.37. The molecule has 2 aliphatic rings. The summed E-state index contributed by atoms with van der Waals surface area (Å²) in [4.78, 5) is 16.1. The van der Waals surface area contributed by atoms with Crippen molar-refractivity contribution in [1.82, 2.24) is 4.90 Å². The second-order valence-electron chi connectivity index (χ2n) is 8.19. The van der Waals surface area contributed by atoms with Crippen molar-refractivity contribution in [3.63, 3.8) is 0 Å². The fourth-order valence-electron chi connectivity index (χ4n) is 5.05. The van der Waals surface area contributed by atoms with Gasteiger partial charge in [-0.05, 0) is 29.5 Å². The molecule has 0 spiro atoms. The maximum atomic E-state index is 13.6. The van der Waals surface area contributed by atoms with E-state index in [2.05, 4.69) is 71.6 Å². The minimum atomic E-state index is -0.395. The Morgan fingerprint density at radius 3 is 2.18 bits per heavy atom. The van der Waals surface area contributed by atoms with Gasteiger partial charge in [-0.3, -0.25) is 4.79 Å². The number of rotatable bonds is 5. The average Bonchev–Trinajstić information content (AvgIpc) is 3.02. The first-order valence-electron chi connectivity index (χ1n) is 10.2. The highest BCUT2D eigenvalue weighted by atomic mass is 16.1. The van der Waals surface area contributed by atoms with E-state index in [1.165, 1.54) is 16.7 Å². The number of carbonyl (C=O) groups is 1. The predicted octanol–water partition coefficient (Wildman–Crippen LogP) is 4.54. The lowest BCUT2D eigenvalue weighted by Gasteiger charge is -2.48. The second-order valence-corrected chi connectivity index (χ2v) is 8.19. The highest BCUT2D eigenvalue weighted by molar-refractivity contribution is 6.08. The van der Waals surface area contributed by atoms with Crippen LogP contribution in [0.5, 0.6) is 0 Å². The molecule has 1 aliphatic carbocycles. The summed E-state index contributed by atoms with van der Waals surface area (Å²) in [5.74, 6) is 0.701. The van der Waals surface area contributed by atoms with Crippen LogP contribution in [0.15, 0.2) is 84.9 Å². The molecule has 3 aromatic rings. The van der Waals surface area contributed by atoms with Crippen LogP contribution < -0.4 is 0 Å². The molecule has 0 radical (unpaired) electrons. The van der Waals surface area contributed by atoms with E-state index < -0.39 is 5.41 Å². The van der Waals surface area contributed by atoms with Gasteiger partial charge in [0.15, 0.2) is 5.78 Å². The Morgan fingerprint density at radius 1 is 0.821 bits per heavy atom. The Bertz CT molecular complexity index is 976. The van der Waals surface area contributed by atoms with Crippen LogP contribution in [-0.4, -0.2) is 30.3 Å². The molecule has 1 saturated heterocycles. The van der Waals surface area contributed by atoms with Crippen molar-refractivity contribution in [3.8, 4) is 0 Å². The van der Waals surface area contributed by atoms with Crippen LogP contribution in [-0.2, 0) is 18.3 Å². The lowest BCUT2D eigenvalue weighted by atomic mass is 9.64. The third kappa shape index (κ3) is 2.80. The fourth-order valence-corrected chi connectivity index (χ4v) is 5.05. The van der Waals surface area contributed by atoms with Crippen LogP contribution in [0.3, 0.4) is 0 Å². The average molecular weight is 367 g/mol. The molecule has 0 amide bonds. The quantitative estimate of drug-likeness (QED) is 0.660. The summed E-state index contributed by atoms with van der Waals surface area (Å²) in [5, 5.41) is 0. The maximum Gasteiger partial charge on any atom is 0.174 e. The van der Waals surface area contributed by atoms with Crippen LogP contribution in [0.2, 0.25) is 0 Å². The van der Waals surface area contributed by atoms with Crippen molar-refractivity contribution in [3.05, 3.63) is 107 Å². The molecule has 0 aromatic heterocycles. The first kappa shape index (κ1) is 17.4. The van der Waals surface area contributed by atoms with Crippen LogP contribution >= 0.6 is 0 Å². The highest BCUT2D eigenvalue weighted by Crippen LogP contribution is 2.48. The van der Waals surface area contributed by atoms with Gasteiger partial charge in [-0.15, -0.1) is 0 Å². The van der Waals surface area contributed by atoms with Crippen molar-refractivity contribution in [1.29, 1.82) is 0 Å². The van der Waals surface area contributed by atoms with Crippen molar-refractivity contribution < 1.29 is 4.79 Å². The molecule has 2 nitrogen and oxygen atoms in total. The summed E-state index contributed by atoms with van der Waals surface area (Å²) in [6, 6.07) is 29.3. The van der Waals surface area contributed by atoms with E-state index in [1.807, 2.05) is 18.2 Å². The number of hydrogen-bond acceptors (Lipinski definition) is 2. The Morgan fingerprint density at radius 2 is 1.46 bits per heavy atom. The Kier molecular flexibility index (Phi) is 4.37. The Labute approximate surface area is 166 Å². The van der Waals surface area contributed by atoms with Gasteiger partial charge in [-0.25, -0.2) is 0 Å². The third-order valence-electron chi connectivity index (χ3n) is 6.64. The number of benzene rings is 3. The zero-order chi connectivity index (χ0) is 19.0. The lowest BCUT2D eigenvalue weighted by molar-refractivity contribution is 0.0369. The minimum Gasteiger partial charge on any atom is -0.302 e. The topological polar surface area (TPSA) is 20.3 Å². The Hall–Kier alpha value is -2.71. The molecule has 3 aromatic carbocycles. The van der Waals surface area contributed by atoms with Crippen molar-refractivity contribution in [2.75, 3.05) is 19.6 Å².